The number of nitrogens with two attached hydrogens (primary N) is 2. The normalized spacial score (nSPS) is 13.9. The Bertz CT molecular complexity index is 226. The highest BCUT2D eigenvalue weighted by Crippen LogP contribution is 2.04. The van der Waals surface area contributed by atoms with Gasteiger partial charge in [-0.3, -0.25) is 9.79 Å². The van der Waals surface area contributed by atoms with Crippen molar-refractivity contribution in [3.05, 3.63) is 0 Å². The monoisotopic (exact) mass is 237 g/mol. The van der Waals surface area contributed by atoms with Crippen molar-refractivity contribution in [1.82, 2.24) is 0 Å². The Labute approximate surface area is 92.1 Å². The third kappa shape index (κ3) is 8.19. The molecule has 0 aliphatic heterocycles. The van der Waals surface area contributed by atoms with E-state index in [1.54, 1.807) is 0 Å². The molecule has 0 saturated carbocycles. The van der Waals surface area contributed by atoms with Gasteiger partial charge < -0.3 is 16.6 Å². The molecule has 0 radical (unpaired) electrons. The maximum Gasteiger partial charge on any atom is 0.321 e. The van der Waals surface area contributed by atoms with Crippen molar-refractivity contribution in [1.29, 1.82) is 0 Å². The second-order valence-corrected chi connectivity index (χ2v) is 4.03. The number of nitrogens with zero attached hydrogens (tertiary/aromatic N) is 1. The standard InChI is InChI=1S/C8H16FN3O2S/c9-4-7(11)12-2-1-3-15-5-6(10)8(13)14/h6H,1-5,10H2,(H2,11,12)(H,13,14)/t6-/m0/s1. The second-order valence-electron chi connectivity index (χ2n) is 2.88. The quantitative estimate of drug-likeness (QED) is 0.309. The summed E-state index contributed by atoms with van der Waals surface area (Å²) in [5.74, 6) is 0.117. The number of hydrogen-bond acceptors (Lipinski definition) is 4. The largest absolute Gasteiger partial charge is 0.480 e. The molecule has 7 heteroatoms. The minimum Gasteiger partial charge on any atom is -0.480 e. The van der Waals surface area contributed by atoms with E-state index < -0.39 is 18.7 Å². The molecule has 0 aliphatic carbocycles. The molecule has 0 unspecified atom stereocenters. The number of aliphatic imine (C=N–C) groups is 1. The molecule has 0 rings (SSSR count). The van der Waals surface area contributed by atoms with Gasteiger partial charge in [-0.15, -0.1) is 0 Å². The maximum atomic E-state index is 11.8. The number of alkyl halides is 1. The Hall–Kier alpha value is -0.820. The molecule has 0 aromatic carbocycles. The number of carboxylic acid groups (broad SMARTS) is 1. The van der Waals surface area contributed by atoms with Gasteiger partial charge in [0.05, 0.1) is 0 Å². The van der Waals surface area contributed by atoms with Crippen LogP contribution in [0.2, 0.25) is 0 Å². The van der Waals surface area contributed by atoms with Gasteiger partial charge in [-0.1, -0.05) is 0 Å². The molecule has 0 aliphatic rings. The fraction of sp³-hybridized carbons (Fsp3) is 0.750. The molecule has 0 amide bonds. The van der Waals surface area contributed by atoms with E-state index in [0.717, 1.165) is 12.2 Å². The Balaban J connectivity index is 3.36. The van der Waals surface area contributed by atoms with Crippen molar-refractivity contribution in [3.8, 4) is 0 Å². The van der Waals surface area contributed by atoms with Crippen molar-refractivity contribution in [2.24, 2.45) is 16.5 Å². The van der Waals surface area contributed by atoms with E-state index in [1.165, 1.54) is 11.8 Å². The number of thioether (sulfide) groups is 1. The Morgan fingerprint density at radius 1 is 1.60 bits per heavy atom. The van der Waals surface area contributed by atoms with Crippen LogP contribution in [-0.2, 0) is 4.79 Å². The van der Waals surface area contributed by atoms with Gasteiger partial charge in [-0.25, -0.2) is 4.39 Å². The summed E-state index contributed by atoms with van der Waals surface area (Å²) in [6, 6.07) is -0.825. The number of aliphatic carboxylic acids is 1. The lowest BCUT2D eigenvalue weighted by Gasteiger charge is -2.04. The van der Waals surface area contributed by atoms with Crippen molar-refractivity contribution in [3.63, 3.8) is 0 Å². The Kier molecular flexibility index (Phi) is 8.02. The highest BCUT2D eigenvalue weighted by molar-refractivity contribution is 7.99. The zero-order valence-electron chi connectivity index (χ0n) is 8.36. The van der Waals surface area contributed by atoms with E-state index in [-0.39, 0.29) is 5.84 Å². The van der Waals surface area contributed by atoms with Gasteiger partial charge in [0.25, 0.3) is 0 Å². The molecule has 5 N–H and O–H groups in total. The topological polar surface area (TPSA) is 102 Å². The van der Waals surface area contributed by atoms with Crippen LogP contribution in [0.15, 0.2) is 4.99 Å². The van der Waals surface area contributed by atoms with Crippen LogP contribution < -0.4 is 11.5 Å². The number of halogens is 1. The molecule has 0 spiro atoms. The highest BCUT2D eigenvalue weighted by atomic mass is 32.2. The van der Waals surface area contributed by atoms with Crippen LogP contribution in [-0.4, -0.2) is 47.7 Å². The van der Waals surface area contributed by atoms with Crippen LogP contribution >= 0.6 is 11.8 Å². The predicted octanol–water partition coefficient (Wildman–Crippen LogP) is -0.152. The van der Waals surface area contributed by atoms with Crippen LogP contribution in [0.25, 0.3) is 0 Å². The first-order valence-electron chi connectivity index (χ1n) is 4.48. The molecular formula is C8H16FN3O2S. The lowest BCUT2D eigenvalue weighted by molar-refractivity contribution is -0.137. The first-order chi connectivity index (χ1) is 7.07. The van der Waals surface area contributed by atoms with Crippen LogP contribution in [0.4, 0.5) is 4.39 Å². The molecule has 0 bridgehead atoms. The maximum absolute atomic E-state index is 11.8. The summed E-state index contributed by atoms with van der Waals surface area (Å²) >= 11 is 1.44. The molecule has 0 aromatic rings. The average Bonchev–Trinajstić information content (AvgIpc) is 2.22. The van der Waals surface area contributed by atoms with Gasteiger partial charge in [0, 0.05) is 12.3 Å². The number of carboxylic acids is 1. The Morgan fingerprint density at radius 3 is 2.80 bits per heavy atom. The van der Waals surface area contributed by atoms with Crippen LogP contribution in [0, 0.1) is 0 Å². The zero-order chi connectivity index (χ0) is 11.7. The van der Waals surface area contributed by atoms with E-state index in [4.69, 9.17) is 16.6 Å². The molecular weight excluding hydrogens is 221 g/mol. The summed E-state index contributed by atoms with van der Waals surface area (Å²) in [7, 11) is 0. The number of rotatable bonds is 8. The van der Waals surface area contributed by atoms with Crippen molar-refractivity contribution < 1.29 is 14.3 Å². The third-order valence-electron chi connectivity index (χ3n) is 1.51. The van der Waals surface area contributed by atoms with E-state index in [0.29, 0.717) is 12.3 Å². The van der Waals surface area contributed by atoms with Crippen LogP contribution in [0.3, 0.4) is 0 Å². The average molecular weight is 237 g/mol. The number of hydrogen-bond donors (Lipinski definition) is 3. The molecule has 15 heavy (non-hydrogen) atoms. The minimum absolute atomic E-state index is 0.00207. The lowest BCUT2D eigenvalue weighted by atomic mass is 10.4. The molecule has 88 valence electrons. The highest BCUT2D eigenvalue weighted by Gasteiger charge is 2.10. The van der Waals surface area contributed by atoms with Crippen molar-refractivity contribution >= 4 is 23.6 Å². The fourth-order valence-electron chi connectivity index (χ4n) is 0.713. The summed E-state index contributed by atoms with van der Waals surface area (Å²) in [6.07, 6.45) is 0.734. The fourth-order valence-corrected chi connectivity index (χ4v) is 1.61. The van der Waals surface area contributed by atoms with Crippen LogP contribution in [0.5, 0.6) is 0 Å². The van der Waals surface area contributed by atoms with E-state index in [2.05, 4.69) is 4.99 Å². The summed E-state index contributed by atoms with van der Waals surface area (Å²) in [4.78, 5) is 14.1. The number of amidine groups is 1. The number of carbonyl (C=O) groups is 1. The second kappa shape index (κ2) is 8.49. The molecule has 0 aromatic heterocycles. The zero-order valence-corrected chi connectivity index (χ0v) is 9.17. The van der Waals surface area contributed by atoms with Crippen molar-refractivity contribution in [2.75, 3.05) is 24.7 Å². The van der Waals surface area contributed by atoms with Gasteiger partial charge in [0.1, 0.15) is 18.6 Å². The molecule has 0 fully saturated rings. The summed E-state index contributed by atoms with van der Waals surface area (Å²) in [5.41, 5.74) is 10.4. The molecule has 1 atom stereocenters. The molecule has 5 nitrogen and oxygen atoms in total. The minimum atomic E-state index is -0.998. The summed E-state index contributed by atoms with van der Waals surface area (Å²) < 4.78 is 11.8. The van der Waals surface area contributed by atoms with E-state index >= 15 is 0 Å². The van der Waals surface area contributed by atoms with Gasteiger partial charge in [-0.05, 0) is 12.2 Å². The van der Waals surface area contributed by atoms with Gasteiger partial charge in [0.2, 0.25) is 0 Å². The van der Waals surface area contributed by atoms with Gasteiger partial charge >= 0.3 is 5.97 Å². The van der Waals surface area contributed by atoms with Gasteiger partial charge in [-0.2, -0.15) is 11.8 Å². The lowest BCUT2D eigenvalue weighted by Crippen LogP contribution is -2.32. The third-order valence-corrected chi connectivity index (χ3v) is 2.69. The molecule has 0 saturated heterocycles. The SMILES string of the molecule is NC(CF)=NCCCSC[C@H](N)C(=O)O. The molecule has 0 heterocycles. The summed E-state index contributed by atoms with van der Waals surface area (Å²) in [6.45, 7) is -0.262. The van der Waals surface area contributed by atoms with Gasteiger partial charge in [0.15, 0.2) is 0 Å². The Morgan fingerprint density at radius 2 is 2.27 bits per heavy atom. The van der Waals surface area contributed by atoms with Crippen LogP contribution in [0.1, 0.15) is 6.42 Å². The predicted molar refractivity (Wildman–Crippen MR) is 60.0 cm³/mol. The van der Waals surface area contributed by atoms with Crippen molar-refractivity contribution in [2.45, 2.75) is 12.5 Å². The van der Waals surface area contributed by atoms with E-state index in [1.807, 2.05) is 0 Å². The van der Waals surface area contributed by atoms with E-state index in [9.17, 15) is 9.18 Å². The first-order valence-corrected chi connectivity index (χ1v) is 5.64. The first kappa shape index (κ1) is 14.2. The summed E-state index contributed by atoms with van der Waals surface area (Å²) in [5, 5.41) is 8.47. The smallest absolute Gasteiger partial charge is 0.321 e.